The fourth-order valence-corrected chi connectivity index (χ4v) is 2.15. The molecule has 0 aliphatic rings. The van der Waals surface area contributed by atoms with Gasteiger partial charge in [0.2, 0.25) is 0 Å². The maximum absolute atomic E-state index is 13.6. The molecule has 2 N–H and O–H groups in total. The summed E-state index contributed by atoms with van der Waals surface area (Å²) in [6, 6.07) is 13.5. The predicted octanol–water partition coefficient (Wildman–Crippen LogP) is 3.86. The van der Waals surface area contributed by atoms with Gasteiger partial charge in [-0.25, -0.2) is 4.39 Å². The van der Waals surface area contributed by atoms with Crippen molar-refractivity contribution in [1.82, 2.24) is 5.32 Å². The Labute approximate surface area is 123 Å². The van der Waals surface area contributed by atoms with E-state index in [1.54, 1.807) is 42.5 Å². The van der Waals surface area contributed by atoms with Crippen molar-refractivity contribution < 1.29 is 9.50 Å². The van der Waals surface area contributed by atoms with Gasteiger partial charge < -0.3 is 10.4 Å². The Kier molecular flexibility index (Phi) is 5.12. The van der Waals surface area contributed by atoms with Gasteiger partial charge in [0.15, 0.2) is 0 Å². The molecule has 0 saturated heterocycles. The zero-order valence-electron chi connectivity index (χ0n) is 11.2. The number of benzene rings is 2. The molecule has 2 unspecified atom stereocenters. The van der Waals surface area contributed by atoms with Crippen molar-refractivity contribution in [3.63, 3.8) is 0 Å². The summed E-state index contributed by atoms with van der Waals surface area (Å²) in [6.45, 7) is 2.21. The highest BCUT2D eigenvalue weighted by Gasteiger charge is 2.13. The van der Waals surface area contributed by atoms with E-state index in [4.69, 9.17) is 11.6 Å². The van der Waals surface area contributed by atoms with Gasteiger partial charge in [0.05, 0.1) is 6.10 Å². The highest BCUT2D eigenvalue weighted by molar-refractivity contribution is 6.30. The first-order chi connectivity index (χ1) is 9.58. The van der Waals surface area contributed by atoms with Gasteiger partial charge in [-0.15, -0.1) is 0 Å². The van der Waals surface area contributed by atoms with Crippen molar-refractivity contribution in [3.05, 3.63) is 70.5 Å². The van der Waals surface area contributed by atoms with E-state index < -0.39 is 6.10 Å². The molecule has 0 aliphatic heterocycles. The molecule has 0 bridgehead atoms. The van der Waals surface area contributed by atoms with Gasteiger partial charge in [0, 0.05) is 23.2 Å². The number of hydrogen-bond donors (Lipinski definition) is 2. The monoisotopic (exact) mass is 293 g/mol. The Morgan fingerprint density at radius 3 is 2.45 bits per heavy atom. The molecule has 20 heavy (non-hydrogen) atoms. The molecule has 0 spiro atoms. The van der Waals surface area contributed by atoms with Crippen molar-refractivity contribution in [2.75, 3.05) is 6.54 Å². The lowest BCUT2D eigenvalue weighted by Crippen LogP contribution is -2.25. The van der Waals surface area contributed by atoms with Crippen molar-refractivity contribution in [3.8, 4) is 0 Å². The van der Waals surface area contributed by atoms with Crippen molar-refractivity contribution in [2.24, 2.45) is 0 Å². The van der Waals surface area contributed by atoms with E-state index >= 15 is 0 Å². The molecule has 2 nitrogen and oxygen atoms in total. The maximum atomic E-state index is 13.6. The van der Waals surface area contributed by atoms with Crippen LogP contribution >= 0.6 is 11.6 Å². The van der Waals surface area contributed by atoms with Crippen LogP contribution < -0.4 is 5.32 Å². The minimum atomic E-state index is -0.651. The Morgan fingerprint density at radius 2 is 1.80 bits per heavy atom. The molecular formula is C16H17ClFNO. The molecule has 0 aromatic heterocycles. The highest BCUT2D eigenvalue weighted by atomic mass is 35.5. The SMILES string of the molecule is CC(NCC(O)c1ccc(Cl)cc1)c1ccccc1F. The third-order valence-electron chi connectivity index (χ3n) is 3.24. The molecule has 0 fully saturated rings. The fourth-order valence-electron chi connectivity index (χ4n) is 2.03. The zero-order valence-corrected chi connectivity index (χ0v) is 11.9. The van der Waals surface area contributed by atoms with Gasteiger partial charge in [-0.1, -0.05) is 41.9 Å². The van der Waals surface area contributed by atoms with Crippen LogP contribution in [-0.4, -0.2) is 11.7 Å². The molecule has 2 atom stereocenters. The topological polar surface area (TPSA) is 32.3 Å². The van der Waals surface area contributed by atoms with E-state index in [1.807, 2.05) is 6.92 Å². The number of halogens is 2. The van der Waals surface area contributed by atoms with Crippen LogP contribution in [0.25, 0.3) is 0 Å². The van der Waals surface area contributed by atoms with E-state index in [1.165, 1.54) is 6.07 Å². The first kappa shape index (κ1) is 15.0. The van der Waals surface area contributed by atoms with E-state index in [9.17, 15) is 9.50 Å². The second-order valence-corrected chi connectivity index (χ2v) is 5.16. The lowest BCUT2D eigenvalue weighted by atomic mass is 10.1. The summed E-state index contributed by atoms with van der Waals surface area (Å²) in [4.78, 5) is 0. The van der Waals surface area contributed by atoms with Crippen LogP contribution in [0.15, 0.2) is 48.5 Å². The Bertz CT molecular complexity index is 559. The molecule has 0 amide bonds. The summed E-state index contributed by atoms with van der Waals surface area (Å²) in [7, 11) is 0. The summed E-state index contributed by atoms with van der Waals surface area (Å²) in [6.07, 6.45) is -0.651. The maximum Gasteiger partial charge on any atom is 0.127 e. The normalized spacial score (nSPS) is 14.0. The fraction of sp³-hybridized carbons (Fsp3) is 0.250. The van der Waals surface area contributed by atoms with Gasteiger partial charge in [0.1, 0.15) is 5.82 Å². The van der Waals surface area contributed by atoms with Crippen LogP contribution in [0.1, 0.15) is 30.2 Å². The number of nitrogens with one attached hydrogen (secondary N) is 1. The van der Waals surface area contributed by atoms with Crippen LogP contribution in [0.2, 0.25) is 5.02 Å². The molecule has 0 saturated carbocycles. The third-order valence-corrected chi connectivity index (χ3v) is 3.50. The van der Waals surface area contributed by atoms with Crippen LogP contribution in [0.5, 0.6) is 0 Å². The van der Waals surface area contributed by atoms with Gasteiger partial charge in [-0.05, 0) is 30.7 Å². The van der Waals surface area contributed by atoms with Crippen molar-refractivity contribution in [1.29, 1.82) is 0 Å². The third kappa shape index (κ3) is 3.79. The molecule has 0 radical (unpaired) electrons. The summed E-state index contributed by atoms with van der Waals surface area (Å²) in [5, 5.41) is 13.8. The van der Waals surface area contributed by atoms with Crippen molar-refractivity contribution in [2.45, 2.75) is 19.1 Å². The molecule has 2 aromatic carbocycles. The minimum absolute atomic E-state index is 0.168. The largest absolute Gasteiger partial charge is 0.387 e. The lowest BCUT2D eigenvalue weighted by Gasteiger charge is -2.18. The van der Waals surface area contributed by atoms with E-state index in [2.05, 4.69) is 5.32 Å². The molecule has 0 aliphatic carbocycles. The Hall–Kier alpha value is -1.42. The number of rotatable bonds is 5. The number of aliphatic hydroxyl groups is 1. The quantitative estimate of drug-likeness (QED) is 0.877. The van der Waals surface area contributed by atoms with Crippen LogP contribution in [0.4, 0.5) is 4.39 Å². The van der Waals surface area contributed by atoms with E-state index in [-0.39, 0.29) is 11.9 Å². The molecule has 2 rings (SSSR count). The molecule has 0 heterocycles. The van der Waals surface area contributed by atoms with E-state index in [0.717, 1.165) is 5.56 Å². The standard InChI is InChI=1S/C16H17ClFNO/c1-11(14-4-2-3-5-15(14)18)19-10-16(20)12-6-8-13(17)9-7-12/h2-9,11,16,19-20H,10H2,1H3. The summed E-state index contributed by atoms with van der Waals surface area (Å²) < 4.78 is 13.6. The number of aliphatic hydroxyl groups excluding tert-OH is 1. The highest BCUT2D eigenvalue weighted by Crippen LogP contribution is 2.19. The molecular weight excluding hydrogens is 277 g/mol. The number of hydrogen-bond acceptors (Lipinski definition) is 2. The molecule has 2 aromatic rings. The first-order valence-electron chi connectivity index (χ1n) is 6.49. The molecule has 106 valence electrons. The molecule has 4 heteroatoms. The van der Waals surface area contributed by atoms with Gasteiger partial charge in [-0.2, -0.15) is 0 Å². The van der Waals surface area contributed by atoms with Crippen molar-refractivity contribution >= 4 is 11.6 Å². The minimum Gasteiger partial charge on any atom is -0.387 e. The Morgan fingerprint density at radius 1 is 1.15 bits per heavy atom. The first-order valence-corrected chi connectivity index (χ1v) is 6.87. The van der Waals surface area contributed by atoms with Crippen LogP contribution in [0.3, 0.4) is 0 Å². The average molecular weight is 294 g/mol. The van der Waals surface area contributed by atoms with Crippen LogP contribution in [-0.2, 0) is 0 Å². The second-order valence-electron chi connectivity index (χ2n) is 4.72. The van der Waals surface area contributed by atoms with Gasteiger partial charge >= 0.3 is 0 Å². The average Bonchev–Trinajstić information content (AvgIpc) is 2.45. The summed E-state index contributed by atoms with van der Waals surface area (Å²) in [5.74, 6) is -0.242. The smallest absolute Gasteiger partial charge is 0.127 e. The lowest BCUT2D eigenvalue weighted by molar-refractivity contribution is 0.170. The van der Waals surface area contributed by atoms with E-state index in [0.29, 0.717) is 17.1 Å². The zero-order chi connectivity index (χ0) is 14.5. The van der Waals surface area contributed by atoms with Gasteiger partial charge in [0.25, 0.3) is 0 Å². The van der Waals surface area contributed by atoms with Gasteiger partial charge in [-0.3, -0.25) is 0 Å². The summed E-state index contributed by atoms with van der Waals surface area (Å²) >= 11 is 5.80. The second kappa shape index (κ2) is 6.84. The van der Waals surface area contributed by atoms with Crippen LogP contribution in [0, 0.1) is 5.82 Å². The Balaban J connectivity index is 1.95. The summed E-state index contributed by atoms with van der Waals surface area (Å²) in [5.41, 5.74) is 1.37. The predicted molar refractivity (Wildman–Crippen MR) is 79.2 cm³/mol.